The van der Waals surface area contributed by atoms with Crippen LogP contribution in [0.4, 0.5) is 5.82 Å². The Morgan fingerprint density at radius 2 is 2.00 bits per heavy atom. The molecule has 1 aromatic carbocycles. The van der Waals surface area contributed by atoms with Crippen LogP contribution >= 0.6 is 11.6 Å². The molecule has 0 saturated heterocycles. The van der Waals surface area contributed by atoms with E-state index in [9.17, 15) is 14.7 Å². The van der Waals surface area contributed by atoms with E-state index in [4.69, 9.17) is 20.8 Å². The Kier molecular flexibility index (Phi) is 6.29. The van der Waals surface area contributed by atoms with E-state index in [0.29, 0.717) is 54.4 Å². The lowest BCUT2D eigenvalue weighted by molar-refractivity contribution is -0.118. The molecule has 0 bridgehead atoms. The molecule has 2 aromatic heterocycles. The highest BCUT2D eigenvalue weighted by Gasteiger charge is 2.33. The lowest BCUT2D eigenvalue weighted by Crippen LogP contribution is -2.41. The number of hydrogen-bond donors (Lipinski definition) is 3. The molecule has 3 N–H and O–H groups in total. The van der Waals surface area contributed by atoms with Crippen LogP contribution in [-0.2, 0) is 17.8 Å². The summed E-state index contributed by atoms with van der Waals surface area (Å²) in [7, 11) is 0. The van der Waals surface area contributed by atoms with Gasteiger partial charge in [-0.05, 0) is 74.4 Å². The number of carbonyl (C=O) groups is 1. The molecule has 1 aliphatic carbocycles. The number of pyridine rings is 1. The Labute approximate surface area is 201 Å². The topological polar surface area (TPSA) is 114 Å². The van der Waals surface area contributed by atoms with Gasteiger partial charge in [-0.3, -0.25) is 4.79 Å². The summed E-state index contributed by atoms with van der Waals surface area (Å²) in [6.07, 6.45) is 4.17. The normalized spacial score (nSPS) is 22.2. The summed E-state index contributed by atoms with van der Waals surface area (Å²) >= 11 is 6.25. The number of benzene rings is 1. The van der Waals surface area contributed by atoms with Gasteiger partial charge in [-0.1, -0.05) is 11.6 Å². The summed E-state index contributed by atoms with van der Waals surface area (Å²) in [5.41, 5.74) is 1.02. The van der Waals surface area contributed by atoms with Crippen molar-refractivity contribution in [2.45, 2.75) is 56.7 Å². The van der Waals surface area contributed by atoms with Crippen LogP contribution in [0, 0.1) is 0 Å². The van der Waals surface area contributed by atoms with E-state index >= 15 is 0 Å². The van der Waals surface area contributed by atoms with Crippen LogP contribution in [0.15, 0.2) is 45.6 Å². The highest BCUT2D eigenvalue weighted by molar-refractivity contribution is 6.31. The summed E-state index contributed by atoms with van der Waals surface area (Å²) < 4.78 is 10.8. The standard InChI is InChI=1S/C25H26ClN3O5/c26-17-11-15-1-4-22(31)34-23(15)16(12-17)5-8-25(32)9-6-18(7-10-25)27-13-19-2-3-20-24(28-19)29-21(30)14-33-20/h1-4,11-12,18,27,32H,5-10,13-14H2,(H,28,29,30)/t18-,25+. The van der Waals surface area contributed by atoms with Gasteiger partial charge in [0.1, 0.15) is 5.58 Å². The Morgan fingerprint density at radius 3 is 2.82 bits per heavy atom. The lowest BCUT2D eigenvalue weighted by atomic mass is 9.78. The molecule has 1 saturated carbocycles. The van der Waals surface area contributed by atoms with Gasteiger partial charge in [0.15, 0.2) is 18.2 Å². The van der Waals surface area contributed by atoms with Crippen molar-refractivity contribution in [1.82, 2.24) is 10.3 Å². The van der Waals surface area contributed by atoms with E-state index in [1.54, 1.807) is 12.1 Å². The number of hydrogen-bond acceptors (Lipinski definition) is 7. The van der Waals surface area contributed by atoms with Crippen molar-refractivity contribution in [2.24, 2.45) is 0 Å². The molecular weight excluding hydrogens is 458 g/mol. The predicted molar refractivity (Wildman–Crippen MR) is 128 cm³/mol. The molecule has 0 atom stereocenters. The maximum absolute atomic E-state index is 11.7. The molecule has 9 heteroatoms. The molecule has 0 unspecified atom stereocenters. The number of ether oxygens (including phenoxy) is 1. The SMILES string of the molecule is O=C1COc2ccc(CN[C@H]3CC[C@](O)(CCc4cc(Cl)cc5ccc(=O)oc45)CC3)nc2N1. The van der Waals surface area contributed by atoms with Crippen molar-refractivity contribution in [3.05, 3.63) is 63.1 Å². The van der Waals surface area contributed by atoms with E-state index in [2.05, 4.69) is 15.6 Å². The van der Waals surface area contributed by atoms with Crippen molar-refractivity contribution in [3.63, 3.8) is 0 Å². The molecule has 0 radical (unpaired) electrons. The van der Waals surface area contributed by atoms with Crippen molar-refractivity contribution < 1.29 is 19.1 Å². The van der Waals surface area contributed by atoms with E-state index in [1.807, 2.05) is 18.2 Å². The fourth-order valence-corrected chi connectivity index (χ4v) is 4.98. The van der Waals surface area contributed by atoms with Gasteiger partial charge >= 0.3 is 5.63 Å². The van der Waals surface area contributed by atoms with E-state index in [-0.39, 0.29) is 18.6 Å². The van der Waals surface area contributed by atoms with Crippen LogP contribution in [0.3, 0.4) is 0 Å². The molecule has 2 aliphatic rings. The number of anilines is 1. The first-order valence-corrected chi connectivity index (χ1v) is 11.9. The smallest absolute Gasteiger partial charge is 0.336 e. The average Bonchev–Trinajstić information content (AvgIpc) is 2.82. The van der Waals surface area contributed by atoms with Crippen molar-refractivity contribution >= 4 is 34.3 Å². The Hall–Kier alpha value is -2.94. The summed E-state index contributed by atoms with van der Waals surface area (Å²) in [5, 5.41) is 18.8. The Morgan fingerprint density at radius 1 is 1.18 bits per heavy atom. The minimum Gasteiger partial charge on any atom is -0.480 e. The van der Waals surface area contributed by atoms with Crippen LogP contribution in [0.25, 0.3) is 11.0 Å². The third kappa shape index (κ3) is 5.09. The van der Waals surface area contributed by atoms with Crippen LogP contribution in [0.1, 0.15) is 43.4 Å². The van der Waals surface area contributed by atoms with Crippen LogP contribution in [0.2, 0.25) is 5.02 Å². The number of aromatic nitrogens is 1. The van der Waals surface area contributed by atoms with Gasteiger partial charge in [0.05, 0.1) is 11.3 Å². The second-order valence-electron chi connectivity index (χ2n) is 9.10. The first-order chi connectivity index (χ1) is 16.4. The zero-order chi connectivity index (χ0) is 23.7. The van der Waals surface area contributed by atoms with Gasteiger partial charge < -0.3 is 24.9 Å². The van der Waals surface area contributed by atoms with Gasteiger partial charge in [0, 0.05) is 29.1 Å². The van der Waals surface area contributed by atoms with E-state index in [0.717, 1.165) is 29.5 Å². The number of aliphatic hydroxyl groups is 1. The highest BCUT2D eigenvalue weighted by atomic mass is 35.5. The van der Waals surface area contributed by atoms with Crippen molar-refractivity contribution in [2.75, 3.05) is 11.9 Å². The second kappa shape index (κ2) is 9.37. The van der Waals surface area contributed by atoms with E-state index < -0.39 is 11.2 Å². The number of nitrogens with one attached hydrogen (secondary N) is 2. The lowest BCUT2D eigenvalue weighted by Gasteiger charge is -2.36. The maximum atomic E-state index is 11.7. The third-order valence-corrected chi connectivity index (χ3v) is 6.86. The number of halogens is 1. The monoisotopic (exact) mass is 483 g/mol. The van der Waals surface area contributed by atoms with Gasteiger partial charge in [0.25, 0.3) is 5.91 Å². The number of fused-ring (bicyclic) bond motifs is 2. The molecule has 5 rings (SSSR count). The maximum Gasteiger partial charge on any atom is 0.336 e. The molecule has 34 heavy (non-hydrogen) atoms. The van der Waals surface area contributed by atoms with Crippen molar-refractivity contribution in [1.29, 1.82) is 0 Å². The molecule has 0 spiro atoms. The van der Waals surface area contributed by atoms with Crippen LogP contribution in [0.5, 0.6) is 5.75 Å². The quantitative estimate of drug-likeness (QED) is 0.459. The van der Waals surface area contributed by atoms with Gasteiger partial charge in [-0.2, -0.15) is 0 Å². The molecule has 8 nitrogen and oxygen atoms in total. The molecule has 1 fully saturated rings. The molecule has 178 valence electrons. The van der Waals surface area contributed by atoms with Gasteiger partial charge in [-0.25, -0.2) is 9.78 Å². The Bertz CT molecular complexity index is 1280. The van der Waals surface area contributed by atoms with Gasteiger partial charge in [-0.15, -0.1) is 0 Å². The molecular formula is C25H26ClN3O5. The Balaban J connectivity index is 1.16. The molecule has 1 amide bonds. The fraction of sp³-hybridized carbons (Fsp3) is 0.400. The minimum atomic E-state index is -0.770. The predicted octanol–water partition coefficient (Wildman–Crippen LogP) is 3.57. The average molecular weight is 484 g/mol. The van der Waals surface area contributed by atoms with Gasteiger partial charge in [0.2, 0.25) is 0 Å². The first kappa shape index (κ1) is 22.8. The zero-order valence-corrected chi connectivity index (χ0v) is 19.4. The molecule has 3 aromatic rings. The second-order valence-corrected chi connectivity index (χ2v) is 9.54. The minimum absolute atomic E-state index is 0.0131. The summed E-state index contributed by atoms with van der Waals surface area (Å²) in [4.78, 5) is 27.7. The number of amides is 1. The first-order valence-electron chi connectivity index (χ1n) is 11.5. The number of carbonyl (C=O) groups excluding carboxylic acids is 1. The van der Waals surface area contributed by atoms with Crippen molar-refractivity contribution in [3.8, 4) is 5.75 Å². The fourth-order valence-electron chi connectivity index (χ4n) is 4.73. The zero-order valence-electron chi connectivity index (χ0n) is 18.6. The number of rotatable bonds is 6. The summed E-state index contributed by atoms with van der Waals surface area (Å²) in [6, 6.07) is 10.6. The largest absolute Gasteiger partial charge is 0.480 e. The molecule has 1 aliphatic heterocycles. The van der Waals surface area contributed by atoms with Crippen LogP contribution < -0.4 is 21.0 Å². The molecule has 3 heterocycles. The number of aryl methyl sites for hydroxylation is 1. The number of nitrogens with zero attached hydrogens (tertiary/aromatic N) is 1. The van der Waals surface area contributed by atoms with Crippen LogP contribution in [-0.4, -0.2) is 34.2 Å². The van der Waals surface area contributed by atoms with E-state index in [1.165, 1.54) is 6.07 Å². The third-order valence-electron chi connectivity index (χ3n) is 6.64. The highest BCUT2D eigenvalue weighted by Crippen LogP contribution is 2.34. The summed E-state index contributed by atoms with van der Waals surface area (Å²) in [5.74, 6) is 0.834. The summed E-state index contributed by atoms with van der Waals surface area (Å²) in [6.45, 7) is 0.582.